The number of alkyl halides is 2. The topological polar surface area (TPSA) is 104 Å². The summed E-state index contributed by atoms with van der Waals surface area (Å²) in [4.78, 5) is 16.6. The zero-order valence-corrected chi connectivity index (χ0v) is 16.7. The quantitative estimate of drug-likeness (QED) is 0.504. The molecule has 0 aliphatic carbocycles. The maximum Gasteiger partial charge on any atom is 0.586 e. The van der Waals surface area contributed by atoms with Crippen molar-refractivity contribution in [3.05, 3.63) is 57.8 Å². The first-order valence-electron chi connectivity index (χ1n) is 9.12. The van der Waals surface area contributed by atoms with E-state index >= 15 is 0 Å². The summed E-state index contributed by atoms with van der Waals surface area (Å²) in [6.07, 6.45) is -1.66. The average molecular weight is 439 g/mol. The van der Waals surface area contributed by atoms with Crippen LogP contribution < -0.4 is 14.8 Å². The van der Waals surface area contributed by atoms with Crippen LogP contribution in [0.25, 0.3) is 0 Å². The molecule has 3 heterocycles. The molecule has 0 amide bonds. The molecule has 2 aromatic rings. The number of aliphatic carboxylic acids is 1. The van der Waals surface area contributed by atoms with Crippen molar-refractivity contribution in [2.24, 2.45) is 5.92 Å². The predicted octanol–water partition coefficient (Wildman–Crippen LogP) is 3.23. The first-order chi connectivity index (χ1) is 14.1. The molecule has 160 valence electrons. The van der Waals surface area contributed by atoms with Crippen LogP contribution in [0, 0.1) is 11.1 Å². The summed E-state index contributed by atoms with van der Waals surface area (Å²) in [6.45, 7) is 5.35. The van der Waals surface area contributed by atoms with Crippen molar-refractivity contribution in [3.8, 4) is 11.5 Å². The summed E-state index contributed by atoms with van der Waals surface area (Å²) in [7, 11) is 0. The molecule has 1 fully saturated rings. The average Bonchev–Trinajstić information content (AvgIpc) is 3.29. The van der Waals surface area contributed by atoms with Crippen molar-refractivity contribution >= 4 is 17.3 Å². The van der Waals surface area contributed by atoms with E-state index in [1.54, 1.807) is 24.7 Å². The van der Waals surface area contributed by atoms with Crippen LogP contribution in [-0.2, 0) is 11.2 Å². The van der Waals surface area contributed by atoms with E-state index in [0.29, 0.717) is 12.0 Å². The number of aromatic nitrogens is 1. The van der Waals surface area contributed by atoms with Gasteiger partial charge in [0.1, 0.15) is 18.3 Å². The van der Waals surface area contributed by atoms with Gasteiger partial charge in [0.05, 0.1) is 5.51 Å². The van der Waals surface area contributed by atoms with Crippen molar-refractivity contribution in [1.82, 2.24) is 10.3 Å². The molecule has 2 aliphatic heterocycles. The highest BCUT2D eigenvalue weighted by molar-refractivity contribution is 7.09. The normalized spacial score (nSPS) is 27.5. The minimum Gasteiger partial charge on any atom is -0.626 e. The molecule has 0 saturated carbocycles. The van der Waals surface area contributed by atoms with E-state index in [9.17, 15) is 23.9 Å². The standard InChI is InChI=1S/C19H19F2N3O5S/c1-10(12-3-4-15-16(5-12)29-19(20,21)28-15)23-8-24(27)11(2)14(17(24)18(25)26)6-13-7-22-9-30-13/h3-5,7,9-10,14,17,23H,2,6,8H2,1H3,(H,25,26)/t10-,14+,17+,24?/m1/s1. The van der Waals surface area contributed by atoms with Crippen LogP contribution in [-0.4, -0.2) is 39.7 Å². The smallest absolute Gasteiger partial charge is 0.586 e. The second-order valence-electron chi connectivity index (χ2n) is 7.31. The van der Waals surface area contributed by atoms with Gasteiger partial charge in [0.15, 0.2) is 11.5 Å². The number of nitrogens with zero attached hydrogens (tertiary/aromatic N) is 2. The summed E-state index contributed by atoms with van der Waals surface area (Å²) >= 11 is 1.40. The first kappa shape index (κ1) is 20.7. The summed E-state index contributed by atoms with van der Waals surface area (Å²) < 4.78 is 34.1. The highest BCUT2D eigenvalue weighted by Crippen LogP contribution is 2.45. The zero-order valence-electron chi connectivity index (χ0n) is 15.9. The number of hydrogen-bond acceptors (Lipinski definition) is 7. The second-order valence-corrected chi connectivity index (χ2v) is 8.28. The maximum absolute atomic E-state index is 13.2. The molecule has 4 atom stereocenters. The van der Waals surface area contributed by atoms with Gasteiger partial charge in [0.2, 0.25) is 6.04 Å². The molecule has 1 aromatic carbocycles. The van der Waals surface area contributed by atoms with Crippen LogP contribution in [0.4, 0.5) is 8.78 Å². The molecule has 8 nitrogen and oxygen atoms in total. The van der Waals surface area contributed by atoms with Gasteiger partial charge in [-0.25, -0.2) is 4.79 Å². The Balaban J connectivity index is 1.44. The molecule has 0 bridgehead atoms. The molecule has 2 aliphatic rings. The van der Waals surface area contributed by atoms with Gasteiger partial charge in [-0.1, -0.05) is 6.07 Å². The van der Waals surface area contributed by atoms with Crippen molar-refractivity contribution in [2.45, 2.75) is 31.7 Å². The monoisotopic (exact) mass is 439 g/mol. The molecular formula is C19H19F2N3O5S. The number of rotatable bonds is 7. The molecule has 0 spiro atoms. The number of ether oxygens (including phenoxy) is 2. The Labute approximate surface area is 174 Å². The fraction of sp³-hybridized carbons (Fsp3) is 0.368. The van der Waals surface area contributed by atoms with E-state index < -0.39 is 34.9 Å². The van der Waals surface area contributed by atoms with E-state index in [1.165, 1.54) is 23.5 Å². The third kappa shape index (κ3) is 3.54. The summed E-state index contributed by atoms with van der Waals surface area (Å²) in [5.74, 6) is -1.84. The number of fused-ring (bicyclic) bond motifs is 1. The molecule has 4 rings (SSSR count). The fourth-order valence-corrected chi connectivity index (χ4v) is 4.47. The SMILES string of the molecule is C=C1[C@H](Cc2cncs2)[C@@H](C(=O)O)[N+]1([O-])CN[C@H](C)c1ccc2c(c1)OC(F)(F)O2. The van der Waals surface area contributed by atoms with E-state index in [1.807, 2.05) is 0 Å². The number of carboxylic acids is 1. The summed E-state index contributed by atoms with van der Waals surface area (Å²) in [5.41, 5.74) is 2.51. The van der Waals surface area contributed by atoms with Gasteiger partial charge in [-0.2, -0.15) is 0 Å². The number of thiazole rings is 1. The van der Waals surface area contributed by atoms with Crippen molar-refractivity contribution < 1.29 is 32.8 Å². The zero-order chi connectivity index (χ0) is 21.7. The van der Waals surface area contributed by atoms with Gasteiger partial charge in [-0.05, 0) is 31.2 Å². The van der Waals surface area contributed by atoms with Crippen molar-refractivity contribution in [2.75, 3.05) is 6.67 Å². The number of likely N-dealkylation sites (tertiary alicyclic amines) is 1. The lowest BCUT2D eigenvalue weighted by Gasteiger charge is -2.59. The number of quaternary nitrogens is 1. The fourth-order valence-electron chi connectivity index (χ4n) is 3.81. The number of carboxylic acid groups (broad SMARTS) is 1. The largest absolute Gasteiger partial charge is 0.626 e. The van der Waals surface area contributed by atoms with Gasteiger partial charge in [0.25, 0.3) is 0 Å². The number of carbonyl (C=O) groups is 1. The van der Waals surface area contributed by atoms with Crippen LogP contribution in [0.5, 0.6) is 11.5 Å². The third-order valence-corrected chi connectivity index (χ3v) is 6.26. The minimum atomic E-state index is -3.71. The van der Waals surface area contributed by atoms with Crippen molar-refractivity contribution in [1.29, 1.82) is 0 Å². The lowest BCUT2D eigenvalue weighted by Crippen LogP contribution is -2.70. The lowest BCUT2D eigenvalue weighted by atomic mass is 9.81. The van der Waals surface area contributed by atoms with Crippen LogP contribution in [0.15, 0.2) is 42.2 Å². The highest BCUT2D eigenvalue weighted by Gasteiger charge is 2.57. The molecule has 1 saturated heterocycles. The molecular weight excluding hydrogens is 420 g/mol. The molecule has 0 radical (unpaired) electrons. The van der Waals surface area contributed by atoms with Gasteiger partial charge in [-0.15, -0.1) is 20.1 Å². The Bertz CT molecular complexity index is 987. The van der Waals surface area contributed by atoms with Gasteiger partial charge in [-0.3, -0.25) is 10.3 Å². The molecule has 30 heavy (non-hydrogen) atoms. The number of halogens is 2. The van der Waals surface area contributed by atoms with E-state index in [4.69, 9.17) is 0 Å². The second kappa shape index (κ2) is 7.27. The Morgan fingerprint density at radius 1 is 1.47 bits per heavy atom. The van der Waals surface area contributed by atoms with Crippen LogP contribution >= 0.6 is 11.3 Å². The number of nitrogens with one attached hydrogen (secondary N) is 1. The van der Waals surface area contributed by atoms with Gasteiger partial charge in [0, 0.05) is 23.5 Å². The number of hydrogen-bond donors (Lipinski definition) is 2. The Kier molecular flexibility index (Phi) is 5.01. The highest BCUT2D eigenvalue weighted by atomic mass is 32.1. The molecule has 11 heteroatoms. The molecule has 1 unspecified atom stereocenters. The molecule has 2 N–H and O–H groups in total. The van der Waals surface area contributed by atoms with Crippen LogP contribution in [0.2, 0.25) is 0 Å². The Hall–Kier alpha value is -2.60. The first-order valence-corrected chi connectivity index (χ1v) is 10.00. The van der Waals surface area contributed by atoms with Crippen molar-refractivity contribution in [3.63, 3.8) is 0 Å². The predicted molar refractivity (Wildman–Crippen MR) is 103 cm³/mol. The van der Waals surface area contributed by atoms with Crippen LogP contribution in [0.1, 0.15) is 23.4 Å². The Morgan fingerprint density at radius 3 is 2.87 bits per heavy atom. The molecule has 1 aromatic heterocycles. The van der Waals surface area contributed by atoms with Crippen LogP contribution in [0.3, 0.4) is 0 Å². The number of hydroxylamine groups is 3. The Morgan fingerprint density at radius 2 is 2.20 bits per heavy atom. The maximum atomic E-state index is 13.2. The summed E-state index contributed by atoms with van der Waals surface area (Å²) in [5, 5.41) is 25.9. The number of benzene rings is 1. The van der Waals surface area contributed by atoms with E-state index in [2.05, 4.69) is 26.4 Å². The third-order valence-electron chi connectivity index (χ3n) is 5.46. The van der Waals surface area contributed by atoms with E-state index in [0.717, 1.165) is 4.88 Å². The van der Waals surface area contributed by atoms with Gasteiger partial charge < -0.3 is 24.4 Å². The van der Waals surface area contributed by atoms with E-state index in [-0.39, 0.29) is 23.9 Å². The lowest BCUT2D eigenvalue weighted by molar-refractivity contribution is -0.909. The summed E-state index contributed by atoms with van der Waals surface area (Å²) in [6, 6.07) is 2.71. The van der Waals surface area contributed by atoms with Gasteiger partial charge >= 0.3 is 12.3 Å². The minimum absolute atomic E-state index is 0.0729.